The standard InChI is InChI=1S/C14H24N2O2/c1-9(2)13-14(18)16(8-12(17)15-13)10(3)11-6-4-5-7-11/h9-11,13H,4-8H2,1-3H3,(H,15,17). The van der Waals surface area contributed by atoms with E-state index in [1.165, 1.54) is 25.7 Å². The fourth-order valence-electron chi connectivity index (χ4n) is 3.18. The second-order valence-corrected chi connectivity index (χ2v) is 6.04. The monoisotopic (exact) mass is 252 g/mol. The van der Waals surface area contributed by atoms with Gasteiger partial charge in [0, 0.05) is 6.04 Å². The van der Waals surface area contributed by atoms with E-state index in [2.05, 4.69) is 12.2 Å². The first-order valence-electron chi connectivity index (χ1n) is 7.10. The number of nitrogens with zero attached hydrogens (tertiary/aromatic N) is 1. The lowest BCUT2D eigenvalue weighted by molar-refractivity contribution is -0.148. The van der Waals surface area contributed by atoms with Gasteiger partial charge in [-0.15, -0.1) is 0 Å². The number of hydrogen-bond acceptors (Lipinski definition) is 2. The van der Waals surface area contributed by atoms with Gasteiger partial charge in [0.25, 0.3) is 0 Å². The molecule has 2 amide bonds. The van der Waals surface area contributed by atoms with Crippen LogP contribution in [-0.2, 0) is 9.59 Å². The van der Waals surface area contributed by atoms with E-state index in [0.29, 0.717) is 5.92 Å². The van der Waals surface area contributed by atoms with Gasteiger partial charge in [0.05, 0.1) is 6.54 Å². The zero-order valence-electron chi connectivity index (χ0n) is 11.6. The first-order chi connectivity index (χ1) is 8.50. The van der Waals surface area contributed by atoms with Gasteiger partial charge in [-0.2, -0.15) is 0 Å². The molecule has 1 saturated carbocycles. The Bertz CT molecular complexity index is 335. The molecular formula is C14H24N2O2. The Morgan fingerprint density at radius 2 is 1.78 bits per heavy atom. The molecular weight excluding hydrogens is 228 g/mol. The van der Waals surface area contributed by atoms with Crippen LogP contribution in [0.3, 0.4) is 0 Å². The van der Waals surface area contributed by atoms with Crippen LogP contribution in [0.2, 0.25) is 0 Å². The molecule has 2 rings (SSSR count). The smallest absolute Gasteiger partial charge is 0.246 e. The predicted molar refractivity (Wildman–Crippen MR) is 69.9 cm³/mol. The lowest BCUT2D eigenvalue weighted by Gasteiger charge is -2.40. The molecule has 4 heteroatoms. The summed E-state index contributed by atoms with van der Waals surface area (Å²) in [7, 11) is 0. The summed E-state index contributed by atoms with van der Waals surface area (Å²) in [6.45, 7) is 6.29. The van der Waals surface area contributed by atoms with E-state index in [1.54, 1.807) is 4.90 Å². The van der Waals surface area contributed by atoms with Gasteiger partial charge in [-0.3, -0.25) is 9.59 Å². The van der Waals surface area contributed by atoms with E-state index in [4.69, 9.17) is 0 Å². The van der Waals surface area contributed by atoms with Gasteiger partial charge in [-0.1, -0.05) is 26.7 Å². The van der Waals surface area contributed by atoms with E-state index >= 15 is 0 Å². The lowest BCUT2D eigenvalue weighted by Crippen LogP contribution is -2.62. The molecule has 18 heavy (non-hydrogen) atoms. The lowest BCUT2D eigenvalue weighted by atomic mass is 9.94. The summed E-state index contributed by atoms with van der Waals surface area (Å²) < 4.78 is 0. The number of carbonyl (C=O) groups is 2. The molecule has 1 aliphatic heterocycles. The summed E-state index contributed by atoms with van der Waals surface area (Å²) in [5, 5.41) is 2.81. The average Bonchev–Trinajstić information content (AvgIpc) is 2.84. The van der Waals surface area contributed by atoms with Crippen LogP contribution < -0.4 is 5.32 Å². The van der Waals surface area contributed by atoms with Crippen LogP contribution in [0.15, 0.2) is 0 Å². The van der Waals surface area contributed by atoms with E-state index in [9.17, 15) is 9.59 Å². The quantitative estimate of drug-likeness (QED) is 0.828. The van der Waals surface area contributed by atoms with Gasteiger partial charge < -0.3 is 10.2 Å². The molecule has 2 atom stereocenters. The third-order valence-corrected chi connectivity index (χ3v) is 4.42. The molecule has 2 fully saturated rings. The first-order valence-corrected chi connectivity index (χ1v) is 7.10. The Kier molecular flexibility index (Phi) is 3.93. The van der Waals surface area contributed by atoms with E-state index < -0.39 is 0 Å². The van der Waals surface area contributed by atoms with Crippen molar-refractivity contribution in [3.05, 3.63) is 0 Å². The molecule has 2 unspecified atom stereocenters. The highest BCUT2D eigenvalue weighted by atomic mass is 16.2. The number of amides is 2. The van der Waals surface area contributed by atoms with Crippen LogP contribution >= 0.6 is 0 Å². The number of hydrogen-bond donors (Lipinski definition) is 1. The fraction of sp³-hybridized carbons (Fsp3) is 0.857. The highest BCUT2D eigenvalue weighted by Crippen LogP contribution is 2.31. The Morgan fingerprint density at radius 3 is 2.33 bits per heavy atom. The summed E-state index contributed by atoms with van der Waals surface area (Å²) in [6, 6.07) is -0.137. The van der Waals surface area contributed by atoms with Gasteiger partial charge in [0.1, 0.15) is 6.04 Å². The van der Waals surface area contributed by atoms with Crippen molar-refractivity contribution in [1.29, 1.82) is 0 Å². The zero-order chi connectivity index (χ0) is 13.3. The minimum absolute atomic E-state index is 0.0156. The van der Waals surface area contributed by atoms with Gasteiger partial charge in [-0.05, 0) is 31.6 Å². The number of rotatable bonds is 3. The summed E-state index contributed by atoms with van der Waals surface area (Å²) in [5.74, 6) is 0.815. The Balaban J connectivity index is 2.10. The Labute approximate surface area is 109 Å². The molecule has 0 radical (unpaired) electrons. The molecule has 1 aliphatic carbocycles. The average molecular weight is 252 g/mol. The largest absolute Gasteiger partial charge is 0.343 e. The van der Waals surface area contributed by atoms with E-state index in [0.717, 1.165) is 0 Å². The van der Waals surface area contributed by atoms with Gasteiger partial charge >= 0.3 is 0 Å². The summed E-state index contributed by atoms with van der Waals surface area (Å²) in [5.41, 5.74) is 0. The summed E-state index contributed by atoms with van der Waals surface area (Å²) in [4.78, 5) is 26.0. The van der Waals surface area contributed by atoms with Crippen LogP contribution in [0.1, 0.15) is 46.5 Å². The fourth-order valence-corrected chi connectivity index (χ4v) is 3.18. The zero-order valence-corrected chi connectivity index (χ0v) is 11.6. The SMILES string of the molecule is CC(C)C1NC(=O)CN(C(C)C2CCCC2)C1=O. The maximum atomic E-state index is 12.4. The van der Waals surface area contributed by atoms with Crippen LogP contribution in [0, 0.1) is 11.8 Å². The van der Waals surface area contributed by atoms with Gasteiger partial charge in [0.15, 0.2) is 0 Å². The maximum absolute atomic E-state index is 12.4. The Hall–Kier alpha value is -1.06. The Morgan fingerprint density at radius 1 is 1.17 bits per heavy atom. The number of nitrogens with one attached hydrogen (secondary N) is 1. The minimum atomic E-state index is -0.338. The van der Waals surface area contributed by atoms with Crippen molar-refractivity contribution >= 4 is 11.8 Å². The molecule has 1 N–H and O–H groups in total. The van der Waals surface area contributed by atoms with Crippen molar-refractivity contribution in [2.75, 3.05) is 6.54 Å². The highest BCUT2D eigenvalue weighted by Gasteiger charge is 2.39. The molecule has 0 aromatic heterocycles. The van der Waals surface area contributed by atoms with Crippen molar-refractivity contribution in [2.45, 2.75) is 58.5 Å². The molecule has 2 aliphatic rings. The van der Waals surface area contributed by atoms with E-state index in [-0.39, 0.29) is 36.4 Å². The number of piperazine rings is 1. The second-order valence-electron chi connectivity index (χ2n) is 6.04. The third kappa shape index (κ3) is 2.52. The van der Waals surface area contributed by atoms with Crippen LogP contribution in [0.25, 0.3) is 0 Å². The van der Waals surface area contributed by atoms with Crippen molar-refractivity contribution in [3.8, 4) is 0 Å². The molecule has 0 spiro atoms. The van der Waals surface area contributed by atoms with Crippen molar-refractivity contribution in [3.63, 3.8) is 0 Å². The highest BCUT2D eigenvalue weighted by molar-refractivity contribution is 5.95. The molecule has 0 bridgehead atoms. The van der Waals surface area contributed by atoms with Crippen molar-refractivity contribution in [2.24, 2.45) is 11.8 Å². The second kappa shape index (κ2) is 5.29. The predicted octanol–water partition coefficient (Wildman–Crippen LogP) is 1.55. The summed E-state index contributed by atoms with van der Waals surface area (Å²) in [6.07, 6.45) is 4.91. The normalized spacial score (nSPS) is 27.8. The van der Waals surface area contributed by atoms with E-state index in [1.807, 2.05) is 13.8 Å². The molecule has 4 nitrogen and oxygen atoms in total. The van der Waals surface area contributed by atoms with Crippen LogP contribution in [0.5, 0.6) is 0 Å². The molecule has 102 valence electrons. The van der Waals surface area contributed by atoms with Crippen LogP contribution in [-0.4, -0.2) is 35.3 Å². The maximum Gasteiger partial charge on any atom is 0.246 e. The topological polar surface area (TPSA) is 49.4 Å². The minimum Gasteiger partial charge on any atom is -0.343 e. The summed E-state index contributed by atoms with van der Waals surface area (Å²) >= 11 is 0. The number of carbonyl (C=O) groups excluding carboxylic acids is 2. The third-order valence-electron chi connectivity index (χ3n) is 4.42. The van der Waals surface area contributed by atoms with Crippen molar-refractivity contribution < 1.29 is 9.59 Å². The molecule has 1 saturated heterocycles. The van der Waals surface area contributed by atoms with Gasteiger partial charge in [0.2, 0.25) is 11.8 Å². The van der Waals surface area contributed by atoms with Crippen LogP contribution in [0.4, 0.5) is 0 Å². The molecule has 0 aromatic rings. The molecule has 0 aromatic carbocycles. The van der Waals surface area contributed by atoms with Gasteiger partial charge in [-0.25, -0.2) is 0 Å². The molecule has 1 heterocycles. The first kappa shape index (κ1) is 13.4. The van der Waals surface area contributed by atoms with Crippen molar-refractivity contribution in [1.82, 2.24) is 10.2 Å².